The Morgan fingerprint density at radius 1 is 0.781 bits per heavy atom. The molecular formula is C30H44F2. The maximum atomic E-state index is 14.4. The van der Waals surface area contributed by atoms with E-state index in [-0.39, 0.29) is 12.0 Å². The molecule has 4 atom stereocenters. The van der Waals surface area contributed by atoms with E-state index in [0.29, 0.717) is 5.92 Å². The molecule has 0 heterocycles. The maximum Gasteiger partial charge on any atom is 0.129 e. The van der Waals surface area contributed by atoms with Crippen LogP contribution in [0.3, 0.4) is 0 Å². The summed E-state index contributed by atoms with van der Waals surface area (Å²) in [4.78, 5) is 0. The van der Waals surface area contributed by atoms with Crippen LogP contribution in [0.5, 0.6) is 0 Å². The fourth-order valence-corrected chi connectivity index (χ4v) is 7.44. The molecule has 4 rings (SSSR count). The van der Waals surface area contributed by atoms with Gasteiger partial charge in [-0.15, -0.1) is 6.58 Å². The van der Waals surface area contributed by atoms with Gasteiger partial charge in [-0.25, -0.2) is 8.78 Å². The van der Waals surface area contributed by atoms with E-state index < -0.39 is 11.6 Å². The molecule has 32 heavy (non-hydrogen) atoms. The Kier molecular flexibility index (Phi) is 8.46. The summed E-state index contributed by atoms with van der Waals surface area (Å²) in [5, 5.41) is 0. The van der Waals surface area contributed by atoms with Crippen molar-refractivity contribution in [2.24, 2.45) is 29.6 Å². The first-order chi connectivity index (χ1) is 15.6. The van der Waals surface area contributed by atoms with E-state index in [9.17, 15) is 8.78 Å². The molecule has 0 aliphatic heterocycles. The van der Waals surface area contributed by atoms with Gasteiger partial charge in [0.25, 0.3) is 0 Å². The Bertz CT molecular complexity index is 722. The van der Waals surface area contributed by atoms with Crippen LogP contribution in [-0.4, -0.2) is 0 Å². The summed E-state index contributed by atoms with van der Waals surface area (Å²) < 4.78 is 28.9. The van der Waals surface area contributed by atoms with Crippen LogP contribution in [0.25, 0.3) is 0 Å². The zero-order valence-electron chi connectivity index (χ0n) is 20.3. The Hall–Kier alpha value is -1.18. The van der Waals surface area contributed by atoms with E-state index in [4.69, 9.17) is 0 Å². The molecule has 0 amide bonds. The first kappa shape index (κ1) is 24.0. The number of fused-ring (bicyclic) bond motifs is 1. The number of benzene rings is 1. The molecule has 0 saturated heterocycles. The highest BCUT2D eigenvalue weighted by atomic mass is 19.1. The van der Waals surface area contributed by atoms with Crippen LogP contribution in [0.1, 0.15) is 114 Å². The summed E-state index contributed by atoms with van der Waals surface area (Å²) >= 11 is 0. The van der Waals surface area contributed by atoms with Crippen molar-refractivity contribution in [2.75, 3.05) is 0 Å². The predicted molar refractivity (Wildman–Crippen MR) is 131 cm³/mol. The van der Waals surface area contributed by atoms with Crippen molar-refractivity contribution in [3.63, 3.8) is 0 Å². The minimum Gasteiger partial charge on any atom is -0.207 e. The van der Waals surface area contributed by atoms with Gasteiger partial charge in [-0.1, -0.05) is 70.8 Å². The summed E-state index contributed by atoms with van der Waals surface area (Å²) in [7, 11) is 0. The lowest BCUT2D eigenvalue weighted by molar-refractivity contribution is 0.108. The van der Waals surface area contributed by atoms with Crippen molar-refractivity contribution < 1.29 is 8.78 Å². The molecule has 3 aliphatic carbocycles. The number of halogens is 2. The first-order valence-corrected chi connectivity index (χ1v) is 13.7. The standard InChI is InChI=1S/C30H44F2/c1-3-5-21-7-9-22(10-8-21)11-12-23-13-14-25-18-26(16-15-24(25)17-23)27-19-29(31)28(6-4-2)30(32)20-27/h4,19-26H,2-3,5-18H2,1H3. The van der Waals surface area contributed by atoms with Crippen LogP contribution in [0.2, 0.25) is 0 Å². The van der Waals surface area contributed by atoms with Gasteiger partial charge < -0.3 is 0 Å². The van der Waals surface area contributed by atoms with Crippen molar-refractivity contribution in [1.29, 1.82) is 0 Å². The Morgan fingerprint density at radius 2 is 1.34 bits per heavy atom. The van der Waals surface area contributed by atoms with Crippen molar-refractivity contribution in [1.82, 2.24) is 0 Å². The number of rotatable bonds is 8. The molecule has 3 fully saturated rings. The molecule has 3 aliphatic rings. The summed E-state index contributed by atoms with van der Waals surface area (Å²) in [5.74, 6) is 4.08. The van der Waals surface area contributed by atoms with Crippen LogP contribution < -0.4 is 0 Å². The maximum absolute atomic E-state index is 14.4. The second-order valence-corrected chi connectivity index (χ2v) is 11.4. The Morgan fingerprint density at radius 3 is 2.00 bits per heavy atom. The predicted octanol–water partition coefficient (Wildman–Crippen LogP) is 9.38. The second kappa shape index (κ2) is 11.3. The average molecular weight is 443 g/mol. The fourth-order valence-electron chi connectivity index (χ4n) is 7.44. The summed E-state index contributed by atoms with van der Waals surface area (Å²) in [5.41, 5.74) is 1.05. The highest BCUT2D eigenvalue weighted by Gasteiger charge is 2.36. The van der Waals surface area contributed by atoms with E-state index in [1.54, 1.807) is 18.2 Å². The number of hydrogen-bond donors (Lipinski definition) is 0. The van der Waals surface area contributed by atoms with Gasteiger partial charge in [0.05, 0.1) is 0 Å². The third kappa shape index (κ3) is 5.84. The number of allylic oxidation sites excluding steroid dienone is 1. The first-order valence-electron chi connectivity index (χ1n) is 13.7. The summed E-state index contributed by atoms with van der Waals surface area (Å²) in [6, 6.07) is 3.21. The van der Waals surface area contributed by atoms with Gasteiger partial charge in [0.15, 0.2) is 0 Å². The van der Waals surface area contributed by atoms with Crippen molar-refractivity contribution in [2.45, 2.75) is 109 Å². The van der Waals surface area contributed by atoms with Gasteiger partial charge in [-0.2, -0.15) is 0 Å². The lowest BCUT2D eigenvalue weighted by Gasteiger charge is -2.43. The lowest BCUT2D eigenvalue weighted by Crippen LogP contribution is -2.31. The van der Waals surface area contributed by atoms with E-state index in [1.165, 1.54) is 77.0 Å². The van der Waals surface area contributed by atoms with Gasteiger partial charge in [0.1, 0.15) is 11.6 Å². The van der Waals surface area contributed by atoms with Gasteiger partial charge in [0.2, 0.25) is 0 Å². The fraction of sp³-hybridized carbons (Fsp3) is 0.733. The van der Waals surface area contributed by atoms with Crippen molar-refractivity contribution in [3.8, 4) is 0 Å². The molecular weight excluding hydrogens is 398 g/mol. The summed E-state index contributed by atoms with van der Waals surface area (Å²) in [6.07, 6.45) is 21.0. The normalized spacial score (nSPS) is 33.0. The Labute approximate surface area is 195 Å². The minimum atomic E-state index is -0.394. The van der Waals surface area contributed by atoms with E-state index >= 15 is 0 Å². The van der Waals surface area contributed by atoms with Gasteiger partial charge in [-0.05, 0) is 91.7 Å². The molecule has 0 spiro atoms. The van der Waals surface area contributed by atoms with E-state index in [0.717, 1.165) is 48.0 Å². The Balaban J connectivity index is 1.24. The molecule has 0 N–H and O–H groups in total. The molecule has 1 aromatic rings. The van der Waals surface area contributed by atoms with Crippen LogP contribution in [-0.2, 0) is 6.42 Å². The quantitative estimate of drug-likeness (QED) is 0.352. The number of hydrogen-bond acceptors (Lipinski definition) is 0. The van der Waals surface area contributed by atoms with E-state index in [1.807, 2.05) is 0 Å². The molecule has 3 saturated carbocycles. The van der Waals surface area contributed by atoms with Crippen molar-refractivity contribution in [3.05, 3.63) is 47.5 Å². The zero-order chi connectivity index (χ0) is 22.5. The molecule has 1 aromatic carbocycles. The monoisotopic (exact) mass is 442 g/mol. The van der Waals surface area contributed by atoms with Crippen LogP contribution in [0.15, 0.2) is 24.8 Å². The van der Waals surface area contributed by atoms with Crippen molar-refractivity contribution >= 4 is 0 Å². The van der Waals surface area contributed by atoms with Gasteiger partial charge in [-0.3, -0.25) is 0 Å². The van der Waals surface area contributed by atoms with Crippen LogP contribution in [0, 0.1) is 41.2 Å². The smallest absolute Gasteiger partial charge is 0.129 e. The lowest BCUT2D eigenvalue weighted by atomic mass is 9.63. The highest BCUT2D eigenvalue weighted by Crippen LogP contribution is 2.49. The van der Waals surface area contributed by atoms with E-state index in [2.05, 4.69) is 13.5 Å². The molecule has 0 bridgehead atoms. The topological polar surface area (TPSA) is 0 Å². The van der Waals surface area contributed by atoms with Crippen LogP contribution in [0.4, 0.5) is 8.78 Å². The average Bonchev–Trinajstić information content (AvgIpc) is 2.80. The SMILES string of the molecule is C=CCc1c(F)cc(C2CCC3CC(CCC4CCC(CCC)CC4)CCC3C2)cc1F. The molecule has 0 radical (unpaired) electrons. The molecule has 2 heteroatoms. The third-order valence-corrected chi connectivity index (χ3v) is 9.35. The third-order valence-electron chi connectivity index (χ3n) is 9.35. The van der Waals surface area contributed by atoms with Gasteiger partial charge >= 0.3 is 0 Å². The molecule has 0 aromatic heterocycles. The minimum absolute atomic E-state index is 0.164. The molecule has 0 nitrogen and oxygen atoms in total. The van der Waals surface area contributed by atoms with Crippen LogP contribution >= 0.6 is 0 Å². The second-order valence-electron chi connectivity index (χ2n) is 11.4. The molecule has 4 unspecified atom stereocenters. The highest BCUT2D eigenvalue weighted by molar-refractivity contribution is 5.30. The zero-order valence-corrected chi connectivity index (χ0v) is 20.3. The molecule has 178 valence electrons. The largest absolute Gasteiger partial charge is 0.207 e. The van der Waals surface area contributed by atoms with Gasteiger partial charge in [0, 0.05) is 5.56 Å². The summed E-state index contributed by atoms with van der Waals surface area (Å²) in [6.45, 7) is 5.94.